The van der Waals surface area contributed by atoms with E-state index in [1.807, 2.05) is 0 Å². The lowest BCUT2D eigenvalue weighted by atomic mass is 10.2. The van der Waals surface area contributed by atoms with Gasteiger partial charge >= 0.3 is 12.0 Å². The number of rotatable bonds is 7. The third-order valence-electron chi connectivity index (χ3n) is 3.07. The number of nitrogens with one attached hydrogen (secondary N) is 3. The zero-order valence-corrected chi connectivity index (χ0v) is 12.9. The molecule has 3 amide bonds. The highest BCUT2D eigenvalue weighted by atomic mass is 16.4. The van der Waals surface area contributed by atoms with Crippen molar-refractivity contribution in [1.82, 2.24) is 16.0 Å². The summed E-state index contributed by atoms with van der Waals surface area (Å²) in [6.07, 6.45) is 1.49. The van der Waals surface area contributed by atoms with Crippen LogP contribution in [0.3, 0.4) is 0 Å². The second-order valence-corrected chi connectivity index (χ2v) is 4.88. The second kappa shape index (κ2) is 7.86. The van der Waals surface area contributed by atoms with Crippen molar-refractivity contribution >= 4 is 17.9 Å². The van der Waals surface area contributed by atoms with Crippen molar-refractivity contribution in [3.63, 3.8) is 0 Å². The van der Waals surface area contributed by atoms with Gasteiger partial charge in [-0.05, 0) is 25.1 Å². The van der Waals surface area contributed by atoms with Crippen molar-refractivity contribution < 1.29 is 28.3 Å². The molecule has 2 rings (SSSR count). The molecular weight excluding hydrogens is 318 g/mol. The quantitative estimate of drug-likeness (QED) is 0.596. The molecule has 24 heavy (non-hydrogen) atoms. The maximum absolute atomic E-state index is 11.6. The maximum atomic E-state index is 11.6. The molecule has 0 atom stereocenters. The summed E-state index contributed by atoms with van der Waals surface area (Å²) in [5.41, 5.74) is 0.0506. The van der Waals surface area contributed by atoms with Crippen LogP contribution in [0.1, 0.15) is 27.6 Å². The highest BCUT2D eigenvalue weighted by Gasteiger charge is 2.14. The number of aromatic carboxylic acids is 1. The maximum Gasteiger partial charge on any atom is 0.339 e. The fourth-order valence-electron chi connectivity index (χ4n) is 1.89. The summed E-state index contributed by atoms with van der Waals surface area (Å²) < 4.78 is 10.3. The topological polar surface area (TPSA) is 134 Å². The molecule has 0 fully saturated rings. The minimum Gasteiger partial charge on any atom is -0.478 e. The smallest absolute Gasteiger partial charge is 0.339 e. The molecule has 128 valence electrons. The molecule has 0 radical (unpaired) electrons. The van der Waals surface area contributed by atoms with Crippen molar-refractivity contribution in [2.45, 2.75) is 20.0 Å². The van der Waals surface area contributed by atoms with E-state index in [2.05, 4.69) is 16.0 Å². The Hall–Kier alpha value is -3.23. The summed E-state index contributed by atoms with van der Waals surface area (Å²) in [4.78, 5) is 34.1. The van der Waals surface area contributed by atoms with E-state index in [0.29, 0.717) is 11.5 Å². The van der Waals surface area contributed by atoms with Crippen molar-refractivity contribution in [3.8, 4) is 0 Å². The summed E-state index contributed by atoms with van der Waals surface area (Å²) in [6, 6.07) is 4.25. The normalized spacial score (nSPS) is 10.2. The van der Waals surface area contributed by atoms with Crippen molar-refractivity contribution in [1.29, 1.82) is 0 Å². The average molecular weight is 335 g/mol. The van der Waals surface area contributed by atoms with Crippen LogP contribution in [0.4, 0.5) is 4.79 Å². The van der Waals surface area contributed by atoms with Gasteiger partial charge in [-0.1, -0.05) is 0 Å². The van der Waals surface area contributed by atoms with Crippen molar-refractivity contribution in [3.05, 3.63) is 47.3 Å². The van der Waals surface area contributed by atoms with E-state index in [1.54, 1.807) is 12.1 Å². The summed E-state index contributed by atoms with van der Waals surface area (Å²) >= 11 is 0. The molecule has 0 bridgehead atoms. The van der Waals surface area contributed by atoms with Crippen LogP contribution in [0, 0.1) is 6.92 Å². The molecule has 0 aromatic carbocycles. The van der Waals surface area contributed by atoms with Crippen molar-refractivity contribution in [2.75, 3.05) is 6.54 Å². The zero-order valence-electron chi connectivity index (χ0n) is 12.9. The first-order valence-electron chi connectivity index (χ1n) is 7.09. The number of carboxylic acid groups (broad SMARTS) is 1. The molecule has 4 N–H and O–H groups in total. The summed E-state index contributed by atoms with van der Waals surface area (Å²) in [5, 5.41) is 16.3. The van der Waals surface area contributed by atoms with Crippen LogP contribution in [-0.4, -0.2) is 29.6 Å². The minimum absolute atomic E-state index is 0.0304. The Labute approximate surface area is 137 Å². The summed E-state index contributed by atoms with van der Waals surface area (Å²) in [7, 11) is 0. The minimum atomic E-state index is -1.09. The first kappa shape index (κ1) is 17.1. The Morgan fingerprint density at radius 1 is 1.12 bits per heavy atom. The molecule has 0 aliphatic heterocycles. The van der Waals surface area contributed by atoms with Crippen LogP contribution in [-0.2, 0) is 17.9 Å². The van der Waals surface area contributed by atoms with E-state index in [9.17, 15) is 14.4 Å². The van der Waals surface area contributed by atoms with Gasteiger partial charge in [-0.2, -0.15) is 0 Å². The molecule has 0 unspecified atom stereocenters. The molecule has 0 spiro atoms. The number of hydrogen-bond acceptors (Lipinski definition) is 5. The van der Waals surface area contributed by atoms with Gasteiger partial charge in [-0.15, -0.1) is 0 Å². The van der Waals surface area contributed by atoms with Crippen LogP contribution in [0.2, 0.25) is 0 Å². The van der Waals surface area contributed by atoms with Gasteiger partial charge in [0.15, 0.2) is 0 Å². The van der Waals surface area contributed by atoms with Gasteiger partial charge in [-0.25, -0.2) is 9.59 Å². The van der Waals surface area contributed by atoms with Gasteiger partial charge < -0.3 is 29.9 Å². The lowest BCUT2D eigenvalue weighted by Gasteiger charge is -2.06. The Kier molecular flexibility index (Phi) is 5.61. The molecule has 9 nitrogen and oxygen atoms in total. The Morgan fingerprint density at radius 3 is 2.50 bits per heavy atom. The number of carbonyl (C=O) groups is 3. The third kappa shape index (κ3) is 4.90. The highest BCUT2D eigenvalue weighted by molar-refractivity contribution is 5.89. The Morgan fingerprint density at radius 2 is 1.88 bits per heavy atom. The fraction of sp³-hybridized carbons (Fsp3) is 0.267. The lowest BCUT2D eigenvalue weighted by molar-refractivity contribution is -0.120. The van der Waals surface area contributed by atoms with E-state index < -0.39 is 17.9 Å². The Bertz CT molecular complexity index is 720. The molecule has 0 aliphatic rings. The number of hydrogen-bond donors (Lipinski definition) is 4. The number of urea groups is 1. The first-order chi connectivity index (χ1) is 11.5. The van der Waals surface area contributed by atoms with Gasteiger partial charge in [0.05, 0.1) is 25.9 Å². The van der Waals surface area contributed by atoms with E-state index in [-0.39, 0.29) is 31.0 Å². The highest BCUT2D eigenvalue weighted by Crippen LogP contribution is 2.14. The largest absolute Gasteiger partial charge is 0.478 e. The summed E-state index contributed by atoms with van der Waals surface area (Å²) in [6.45, 7) is 1.54. The molecule has 2 aromatic heterocycles. The molecule has 9 heteroatoms. The van der Waals surface area contributed by atoms with E-state index in [1.165, 1.54) is 19.3 Å². The van der Waals surface area contributed by atoms with E-state index >= 15 is 0 Å². The fourth-order valence-corrected chi connectivity index (χ4v) is 1.89. The molecule has 0 saturated carbocycles. The van der Waals surface area contributed by atoms with E-state index in [4.69, 9.17) is 13.9 Å². The number of carboxylic acids is 1. The number of amides is 3. The molecule has 2 heterocycles. The third-order valence-corrected chi connectivity index (χ3v) is 3.07. The molecule has 0 saturated heterocycles. The molecular formula is C15H17N3O6. The predicted octanol–water partition coefficient (Wildman–Crippen LogP) is 0.995. The van der Waals surface area contributed by atoms with Crippen LogP contribution in [0.25, 0.3) is 0 Å². The van der Waals surface area contributed by atoms with Gasteiger partial charge in [0.25, 0.3) is 0 Å². The number of aryl methyl sites for hydroxylation is 1. The predicted molar refractivity (Wildman–Crippen MR) is 81.2 cm³/mol. The average Bonchev–Trinajstić information content (AvgIpc) is 3.18. The van der Waals surface area contributed by atoms with Gasteiger partial charge in [0.1, 0.15) is 22.8 Å². The zero-order chi connectivity index (χ0) is 17.5. The van der Waals surface area contributed by atoms with Crippen LogP contribution in [0.5, 0.6) is 0 Å². The molecule has 2 aromatic rings. The summed E-state index contributed by atoms with van der Waals surface area (Å²) in [5.74, 6) is -0.350. The van der Waals surface area contributed by atoms with Crippen LogP contribution < -0.4 is 16.0 Å². The van der Waals surface area contributed by atoms with Crippen LogP contribution in [0.15, 0.2) is 33.3 Å². The molecule has 0 aliphatic carbocycles. The first-order valence-corrected chi connectivity index (χ1v) is 7.09. The van der Waals surface area contributed by atoms with E-state index in [0.717, 1.165) is 0 Å². The van der Waals surface area contributed by atoms with Gasteiger partial charge in [0, 0.05) is 0 Å². The number of furan rings is 2. The lowest BCUT2D eigenvalue weighted by Crippen LogP contribution is -2.41. The second-order valence-electron chi connectivity index (χ2n) is 4.88. The van der Waals surface area contributed by atoms with Gasteiger partial charge in [0.2, 0.25) is 5.91 Å². The standard InChI is InChI=1S/C15H17N3O6/c1-9-12(14(20)21)5-11(24-9)7-16-13(19)8-18-15(22)17-6-10-3-2-4-23-10/h2-5H,6-8H2,1H3,(H,16,19)(H,20,21)(H2,17,18,22). The monoisotopic (exact) mass is 335 g/mol. The van der Waals surface area contributed by atoms with Crippen molar-refractivity contribution in [2.24, 2.45) is 0 Å². The Balaban J connectivity index is 1.68. The van der Waals surface area contributed by atoms with Gasteiger partial charge in [-0.3, -0.25) is 4.79 Å². The van der Waals surface area contributed by atoms with Crippen LogP contribution >= 0.6 is 0 Å². The number of carbonyl (C=O) groups excluding carboxylic acids is 2. The SMILES string of the molecule is Cc1oc(CNC(=O)CNC(=O)NCc2ccco2)cc1C(=O)O.